The van der Waals surface area contributed by atoms with Crippen molar-refractivity contribution >= 4 is 21.6 Å². The maximum Gasteiger partial charge on any atom is 0.319 e. The first-order chi connectivity index (χ1) is 15.4. The zero-order chi connectivity index (χ0) is 22.6. The molecule has 2 N–H and O–H groups in total. The third kappa shape index (κ3) is 4.81. The Morgan fingerprint density at radius 2 is 1.81 bits per heavy atom. The van der Waals surface area contributed by atoms with Gasteiger partial charge in [-0.1, -0.05) is 12.1 Å². The number of pyridine rings is 1. The smallest absolute Gasteiger partial charge is 0.319 e. The summed E-state index contributed by atoms with van der Waals surface area (Å²) in [6.45, 7) is 1.98. The van der Waals surface area contributed by atoms with Crippen LogP contribution in [0.4, 0.5) is 10.5 Å². The molecule has 0 saturated heterocycles. The molecule has 0 spiro atoms. The largest absolute Gasteiger partial charge is 0.421 e. The highest BCUT2D eigenvalue weighted by Gasteiger charge is 2.19. The summed E-state index contributed by atoms with van der Waals surface area (Å²) >= 11 is 0. The van der Waals surface area contributed by atoms with Gasteiger partial charge in [0.25, 0.3) is 0 Å². The number of nitrogens with zero attached hydrogens (tertiary/aromatic N) is 3. The third-order valence-electron chi connectivity index (χ3n) is 4.52. The first-order valence-electron chi connectivity index (χ1n) is 9.61. The molecular formula is C22H19N5O4S. The van der Waals surface area contributed by atoms with Crippen molar-refractivity contribution in [2.24, 2.45) is 0 Å². The number of hydrogen-bond acceptors (Lipinski definition) is 7. The van der Waals surface area contributed by atoms with Gasteiger partial charge in [0.15, 0.2) is 0 Å². The van der Waals surface area contributed by atoms with E-state index in [9.17, 15) is 13.2 Å². The van der Waals surface area contributed by atoms with Crippen LogP contribution in [0.3, 0.4) is 0 Å². The van der Waals surface area contributed by atoms with Gasteiger partial charge in [0.2, 0.25) is 21.6 Å². The molecule has 2 heterocycles. The predicted octanol–water partition coefficient (Wildman–Crippen LogP) is 3.59. The summed E-state index contributed by atoms with van der Waals surface area (Å²) in [4.78, 5) is 16.3. The van der Waals surface area contributed by atoms with Crippen molar-refractivity contribution in [2.75, 3.05) is 5.32 Å². The molecule has 0 unspecified atom stereocenters. The Morgan fingerprint density at radius 1 is 1.00 bits per heavy atom. The normalized spacial score (nSPS) is 11.2. The van der Waals surface area contributed by atoms with E-state index < -0.39 is 15.9 Å². The van der Waals surface area contributed by atoms with Crippen molar-refractivity contribution in [1.82, 2.24) is 20.5 Å². The average Bonchev–Trinajstić information content (AvgIpc) is 3.25. The molecule has 0 radical (unpaired) electrons. The molecule has 0 bridgehead atoms. The molecule has 9 nitrogen and oxygen atoms in total. The van der Waals surface area contributed by atoms with Crippen LogP contribution in [0.1, 0.15) is 11.5 Å². The number of carbonyl (C=O) groups excluding carboxylic acids is 1. The van der Waals surface area contributed by atoms with Crippen LogP contribution in [0.2, 0.25) is 0 Å². The van der Waals surface area contributed by atoms with E-state index >= 15 is 0 Å². The fraction of sp³-hybridized carbons (Fsp3) is 0.0909. The lowest BCUT2D eigenvalue weighted by atomic mass is 10.2. The molecule has 0 atom stereocenters. The first-order valence-corrected chi connectivity index (χ1v) is 11.1. The standard InChI is InChI=1S/C22H19N5O4S/c1-15-26-27-21(31-15)17-5-2-6-20(12-17)32(29,30)19-9-7-18(8-10-19)25-22(28)24-14-16-4-3-11-23-13-16/h2-13H,14H2,1H3,(H2,24,25,28). The van der Waals surface area contributed by atoms with Crippen LogP contribution in [0, 0.1) is 6.92 Å². The lowest BCUT2D eigenvalue weighted by Crippen LogP contribution is -2.28. The van der Waals surface area contributed by atoms with Gasteiger partial charge in [-0.15, -0.1) is 10.2 Å². The fourth-order valence-corrected chi connectivity index (χ4v) is 4.23. The fourth-order valence-electron chi connectivity index (χ4n) is 2.92. The molecule has 10 heteroatoms. The van der Waals surface area contributed by atoms with E-state index in [0.29, 0.717) is 23.7 Å². The highest BCUT2D eigenvalue weighted by atomic mass is 32.2. The summed E-state index contributed by atoms with van der Waals surface area (Å²) < 4.78 is 31.5. The Bertz CT molecular complexity index is 1340. The van der Waals surface area contributed by atoms with Gasteiger partial charge in [-0.3, -0.25) is 4.98 Å². The van der Waals surface area contributed by atoms with E-state index in [4.69, 9.17) is 4.42 Å². The number of aryl methyl sites for hydroxylation is 1. The molecule has 0 aliphatic heterocycles. The van der Waals surface area contributed by atoms with Crippen LogP contribution in [0.25, 0.3) is 11.5 Å². The third-order valence-corrected chi connectivity index (χ3v) is 6.28. The minimum absolute atomic E-state index is 0.0951. The number of amides is 2. The number of aromatic nitrogens is 3. The number of sulfone groups is 1. The second kappa shape index (κ2) is 8.98. The minimum Gasteiger partial charge on any atom is -0.421 e. The zero-order valence-electron chi connectivity index (χ0n) is 17.0. The van der Waals surface area contributed by atoms with Crippen LogP contribution < -0.4 is 10.6 Å². The Balaban J connectivity index is 1.45. The summed E-state index contributed by atoms with van der Waals surface area (Å²) in [5.74, 6) is 0.636. The van der Waals surface area contributed by atoms with Crippen molar-refractivity contribution in [1.29, 1.82) is 0 Å². The van der Waals surface area contributed by atoms with Crippen molar-refractivity contribution < 1.29 is 17.6 Å². The number of anilines is 1. The van der Waals surface area contributed by atoms with Gasteiger partial charge in [-0.2, -0.15) is 0 Å². The molecule has 0 aliphatic carbocycles. The molecule has 162 valence electrons. The maximum atomic E-state index is 13.0. The summed E-state index contributed by atoms with van der Waals surface area (Å²) in [5.41, 5.74) is 1.83. The van der Waals surface area contributed by atoms with Gasteiger partial charge >= 0.3 is 6.03 Å². The van der Waals surface area contributed by atoms with Crippen molar-refractivity contribution in [3.63, 3.8) is 0 Å². The van der Waals surface area contributed by atoms with Gasteiger partial charge in [0.05, 0.1) is 9.79 Å². The Kier molecular flexibility index (Phi) is 5.95. The van der Waals surface area contributed by atoms with E-state index in [1.807, 2.05) is 6.07 Å². The van der Waals surface area contributed by atoms with Crippen molar-refractivity contribution in [2.45, 2.75) is 23.3 Å². The summed E-state index contributed by atoms with van der Waals surface area (Å²) in [6, 6.07) is 15.5. The number of urea groups is 1. The number of rotatable bonds is 6. The Hall–Kier alpha value is -4.05. The second-order valence-corrected chi connectivity index (χ2v) is 8.80. The lowest BCUT2D eigenvalue weighted by Gasteiger charge is -2.09. The van der Waals surface area contributed by atoms with Crippen molar-refractivity contribution in [3.8, 4) is 11.5 Å². The molecule has 32 heavy (non-hydrogen) atoms. The zero-order valence-corrected chi connectivity index (χ0v) is 17.8. The summed E-state index contributed by atoms with van der Waals surface area (Å²) in [6.07, 6.45) is 3.32. The van der Waals surface area contributed by atoms with E-state index in [-0.39, 0.29) is 15.7 Å². The molecule has 4 aromatic rings. The summed E-state index contributed by atoms with van der Waals surface area (Å²) in [5, 5.41) is 13.1. The molecule has 0 saturated carbocycles. The number of carbonyl (C=O) groups is 1. The van der Waals surface area contributed by atoms with Gasteiger partial charge in [0, 0.05) is 37.1 Å². The molecule has 2 aromatic heterocycles. The second-order valence-electron chi connectivity index (χ2n) is 6.85. The predicted molar refractivity (Wildman–Crippen MR) is 116 cm³/mol. The number of benzene rings is 2. The van der Waals surface area contributed by atoms with E-state index in [0.717, 1.165) is 5.56 Å². The van der Waals surface area contributed by atoms with Gasteiger partial charge in [-0.25, -0.2) is 13.2 Å². The van der Waals surface area contributed by atoms with Gasteiger partial charge in [-0.05, 0) is 54.1 Å². The molecule has 4 rings (SSSR count). The SMILES string of the molecule is Cc1nnc(-c2cccc(S(=O)(=O)c3ccc(NC(=O)NCc4cccnc4)cc3)c2)o1. The highest BCUT2D eigenvalue weighted by Crippen LogP contribution is 2.26. The minimum atomic E-state index is -3.78. The van der Waals surface area contributed by atoms with E-state index in [1.165, 1.54) is 36.4 Å². The van der Waals surface area contributed by atoms with Crippen LogP contribution >= 0.6 is 0 Å². The monoisotopic (exact) mass is 449 g/mol. The summed E-state index contributed by atoms with van der Waals surface area (Å²) in [7, 11) is -3.78. The Morgan fingerprint density at radius 3 is 2.50 bits per heavy atom. The highest BCUT2D eigenvalue weighted by molar-refractivity contribution is 7.91. The molecule has 2 amide bonds. The number of nitrogens with one attached hydrogen (secondary N) is 2. The van der Waals surface area contributed by atoms with Crippen LogP contribution in [0.15, 0.2) is 87.3 Å². The van der Waals surface area contributed by atoms with Gasteiger partial charge < -0.3 is 15.1 Å². The van der Waals surface area contributed by atoms with Crippen LogP contribution in [-0.2, 0) is 16.4 Å². The first kappa shape index (κ1) is 21.2. The quantitative estimate of drug-likeness (QED) is 0.460. The number of hydrogen-bond donors (Lipinski definition) is 2. The van der Waals surface area contributed by atoms with Crippen LogP contribution in [0.5, 0.6) is 0 Å². The topological polar surface area (TPSA) is 127 Å². The molecule has 0 aliphatic rings. The molecular weight excluding hydrogens is 430 g/mol. The van der Waals surface area contributed by atoms with Gasteiger partial charge in [0.1, 0.15) is 0 Å². The van der Waals surface area contributed by atoms with Crippen LogP contribution in [-0.4, -0.2) is 29.6 Å². The average molecular weight is 449 g/mol. The van der Waals surface area contributed by atoms with E-state index in [1.54, 1.807) is 37.5 Å². The lowest BCUT2D eigenvalue weighted by molar-refractivity contribution is 0.251. The molecule has 0 fully saturated rings. The Labute approximate surface area is 184 Å². The molecule has 2 aromatic carbocycles. The van der Waals surface area contributed by atoms with Crippen molar-refractivity contribution in [3.05, 3.63) is 84.5 Å². The van der Waals surface area contributed by atoms with E-state index in [2.05, 4.69) is 25.8 Å². The maximum absolute atomic E-state index is 13.0.